The Balaban J connectivity index is 1.92. The van der Waals surface area contributed by atoms with Crippen LogP contribution in [0.15, 0.2) is 30.3 Å². The van der Waals surface area contributed by atoms with Crippen LogP contribution in [0.25, 0.3) is 0 Å². The van der Waals surface area contributed by atoms with Gasteiger partial charge in [-0.3, -0.25) is 14.4 Å². The van der Waals surface area contributed by atoms with E-state index in [0.29, 0.717) is 18.9 Å². The van der Waals surface area contributed by atoms with Crippen molar-refractivity contribution in [2.45, 2.75) is 64.5 Å². The van der Waals surface area contributed by atoms with Crippen molar-refractivity contribution in [3.63, 3.8) is 0 Å². The number of nitrogens with two attached hydrogens (primary N) is 1. The first-order chi connectivity index (χ1) is 13.0. The van der Waals surface area contributed by atoms with Gasteiger partial charge in [-0.1, -0.05) is 49.6 Å². The van der Waals surface area contributed by atoms with Crippen molar-refractivity contribution in [1.82, 2.24) is 10.2 Å². The van der Waals surface area contributed by atoms with E-state index >= 15 is 0 Å². The quantitative estimate of drug-likeness (QED) is 0.696. The first kappa shape index (κ1) is 20.9. The van der Waals surface area contributed by atoms with Gasteiger partial charge >= 0.3 is 0 Å². The van der Waals surface area contributed by atoms with Gasteiger partial charge in [0.2, 0.25) is 17.7 Å². The Bertz CT molecular complexity index is 627. The molecule has 6 nitrogen and oxygen atoms in total. The molecule has 1 fully saturated rings. The molecule has 27 heavy (non-hydrogen) atoms. The van der Waals surface area contributed by atoms with Gasteiger partial charge in [-0.2, -0.15) is 0 Å². The van der Waals surface area contributed by atoms with Crippen LogP contribution in [-0.2, 0) is 20.9 Å². The minimum Gasteiger partial charge on any atom is -0.370 e. The van der Waals surface area contributed by atoms with Gasteiger partial charge in [-0.25, -0.2) is 0 Å². The summed E-state index contributed by atoms with van der Waals surface area (Å²) in [6, 6.07) is 8.95. The maximum absolute atomic E-state index is 12.8. The van der Waals surface area contributed by atoms with Gasteiger partial charge in [0.15, 0.2) is 0 Å². The van der Waals surface area contributed by atoms with Crippen LogP contribution in [-0.4, -0.2) is 35.2 Å². The second-order valence-electron chi connectivity index (χ2n) is 7.46. The summed E-state index contributed by atoms with van der Waals surface area (Å²) in [6.07, 6.45) is 6.39. The van der Waals surface area contributed by atoms with Crippen molar-refractivity contribution in [1.29, 1.82) is 0 Å². The molecule has 3 amide bonds. The number of carbonyl (C=O) groups excluding carboxylic acids is 3. The fraction of sp³-hybridized carbons (Fsp3) is 0.571. The van der Waals surface area contributed by atoms with Gasteiger partial charge in [0.25, 0.3) is 0 Å². The van der Waals surface area contributed by atoms with E-state index in [0.717, 1.165) is 18.4 Å². The predicted molar refractivity (Wildman–Crippen MR) is 104 cm³/mol. The number of nitrogens with zero attached hydrogens (tertiary/aromatic N) is 1. The summed E-state index contributed by atoms with van der Waals surface area (Å²) in [5, 5.41) is 2.83. The summed E-state index contributed by atoms with van der Waals surface area (Å²) < 4.78 is 0. The van der Waals surface area contributed by atoms with Crippen LogP contribution in [0, 0.1) is 5.92 Å². The molecular formula is C21H31N3O3. The average Bonchev–Trinajstić information content (AvgIpc) is 2.66. The molecule has 0 radical (unpaired) electrons. The highest BCUT2D eigenvalue weighted by molar-refractivity contribution is 5.87. The molecule has 1 aromatic carbocycles. The zero-order chi connectivity index (χ0) is 19.6. The summed E-state index contributed by atoms with van der Waals surface area (Å²) in [5.74, 6) is -0.291. The van der Waals surface area contributed by atoms with Crippen molar-refractivity contribution >= 4 is 17.7 Å². The predicted octanol–water partition coefficient (Wildman–Crippen LogP) is 2.37. The molecule has 1 aromatic rings. The molecule has 0 aliphatic heterocycles. The molecule has 0 heterocycles. The number of benzene rings is 1. The number of amides is 3. The Morgan fingerprint density at radius 2 is 1.81 bits per heavy atom. The summed E-state index contributed by atoms with van der Waals surface area (Å²) in [4.78, 5) is 37.9. The van der Waals surface area contributed by atoms with Crippen molar-refractivity contribution in [3.05, 3.63) is 35.9 Å². The standard InChI is InChI=1S/C21H31N3O3/c1-16(23-20(26)14-17-8-4-2-5-9-17)21(27)24(13-12-19(22)25)15-18-10-6-3-7-11-18/h3,6-7,10-11,16-17H,2,4-5,8-9,12-15H2,1H3,(H2,22,25)(H,23,26). The topological polar surface area (TPSA) is 92.5 Å². The highest BCUT2D eigenvalue weighted by Gasteiger charge is 2.24. The molecule has 0 aromatic heterocycles. The number of hydrogen-bond donors (Lipinski definition) is 2. The molecule has 6 heteroatoms. The molecule has 1 unspecified atom stereocenters. The second-order valence-corrected chi connectivity index (χ2v) is 7.46. The minimum atomic E-state index is -0.627. The molecular weight excluding hydrogens is 342 g/mol. The van der Waals surface area contributed by atoms with E-state index < -0.39 is 11.9 Å². The van der Waals surface area contributed by atoms with Crippen molar-refractivity contribution < 1.29 is 14.4 Å². The average molecular weight is 373 g/mol. The van der Waals surface area contributed by atoms with Crippen molar-refractivity contribution in [2.24, 2.45) is 11.7 Å². The van der Waals surface area contributed by atoms with E-state index in [2.05, 4.69) is 5.32 Å². The van der Waals surface area contributed by atoms with Crippen LogP contribution in [0.4, 0.5) is 0 Å². The second kappa shape index (κ2) is 10.7. The number of primary amides is 1. The Morgan fingerprint density at radius 3 is 2.44 bits per heavy atom. The van der Waals surface area contributed by atoms with Crippen LogP contribution in [0.1, 0.15) is 57.4 Å². The molecule has 1 aliphatic carbocycles. The van der Waals surface area contributed by atoms with Crippen molar-refractivity contribution in [3.8, 4) is 0 Å². The van der Waals surface area contributed by atoms with E-state index in [1.807, 2.05) is 30.3 Å². The molecule has 0 saturated heterocycles. The van der Waals surface area contributed by atoms with Gasteiger partial charge in [0, 0.05) is 25.9 Å². The van der Waals surface area contributed by atoms with Crippen LogP contribution in [0.3, 0.4) is 0 Å². The third-order valence-corrected chi connectivity index (χ3v) is 5.10. The summed E-state index contributed by atoms with van der Waals surface area (Å²) in [6.45, 7) is 2.32. The number of nitrogens with one attached hydrogen (secondary N) is 1. The lowest BCUT2D eigenvalue weighted by molar-refractivity contribution is -0.137. The highest BCUT2D eigenvalue weighted by Crippen LogP contribution is 2.26. The zero-order valence-electron chi connectivity index (χ0n) is 16.2. The zero-order valence-corrected chi connectivity index (χ0v) is 16.2. The lowest BCUT2D eigenvalue weighted by Gasteiger charge is -2.27. The van der Waals surface area contributed by atoms with Gasteiger partial charge in [-0.15, -0.1) is 0 Å². The monoisotopic (exact) mass is 373 g/mol. The third kappa shape index (κ3) is 7.41. The van der Waals surface area contributed by atoms with Crippen LogP contribution < -0.4 is 11.1 Å². The molecule has 3 N–H and O–H groups in total. The SMILES string of the molecule is CC(NC(=O)CC1CCCCC1)C(=O)N(CCC(N)=O)Cc1ccccc1. The first-order valence-corrected chi connectivity index (χ1v) is 9.86. The fourth-order valence-electron chi connectivity index (χ4n) is 3.61. The van der Waals surface area contributed by atoms with Gasteiger partial charge in [0.1, 0.15) is 6.04 Å². The van der Waals surface area contributed by atoms with E-state index in [1.54, 1.807) is 11.8 Å². The number of hydrogen-bond acceptors (Lipinski definition) is 3. The Labute approximate surface area is 161 Å². The Kier molecular flexibility index (Phi) is 8.30. The van der Waals surface area contributed by atoms with Crippen LogP contribution >= 0.6 is 0 Å². The summed E-state index contributed by atoms with van der Waals surface area (Å²) in [5.41, 5.74) is 6.22. The van der Waals surface area contributed by atoms with E-state index in [4.69, 9.17) is 5.73 Å². The fourth-order valence-corrected chi connectivity index (χ4v) is 3.61. The van der Waals surface area contributed by atoms with Crippen molar-refractivity contribution in [2.75, 3.05) is 6.54 Å². The van der Waals surface area contributed by atoms with Gasteiger partial charge in [-0.05, 0) is 31.2 Å². The smallest absolute Gasteiger partial charge is 0.245 e. The van der Waals surface area contributed by atoms with Crippen LogP contribution in [0.2, 0.25) is 0 Å². The summed E-state index contributed by atoms with van der Waals surface area (Å²) in [7, 11) is 0. The summed E-state index contributed by atoms with van der Waals surface area (Å²) >= 11 is 0. The van der Waals surface area contributed by atoms with E-state index in [9.17, 15) is 14.4 Å². The lowest BCUT2D eigenvalue weighted by Crippen LogP contribution is -2.47. The molecule has 1 saturated carbocycles. The Hall–Kier alpha value is -2.37. The molecule has 0 spiro atoms. The third-order valence-electron chi connectivity index (χ3n) is 5.10. The lowest BCUT2D eigenvalue weighted by atomic mass is 9.87. The molecule has 2 rings (SSSR count). The maximum Gasteiger partial charge on any atom is 0.245 e. The number of rotatable bonds is 9. The largest absolute Gasteiger partial charge is 0.370 e. The molecule has 1 aliphatic rings. The highest BCUT2D eigenvalue weighted by atomic mass is 16.2. The van der Waals surface area contributed by atoms with Crippen LogP contribution in [0.5, 0.6) is 0 Å². The Morgan fingerprint density at radius 1 is 1.15 bits per heavy atom. The number of carbonyl (C=O) groups is 3. The molecule has 0 bridgehead atoms. The first-order valence-electron chi connectivity index (χ1n) is 9.86. The van der Waals surface area contributed by atoms with Gasteiger partial charge in [0.05, 0.1) is 0 Å². The van der Waals surface area contributed by atoms with Gasteiger partial charge < -0.3 is 16.0 Å². The van der Waals surface area contributed by atoms with E-state index in [1.165, 1.54) is 19.3 Å². The maximum atomic E-state index is 12.8. The molecule has 148 valence electrons. The van der Waals surface area contributed by atoms with E-state index in [-0.39, 0.29) is 24.8 Å². The normalized spacial score (nSPS) is 15.7. The molecule has 1 atom stereocenters. The minimum absolute atomic E-state index is 0.0719.